The Kier molecular flexibility index (Phi) is 6.06. The van der Waals surface area contributed by atoms with Crippen molar-refractivity contribution in [2.45, 2.75) is 26.2 Å². The molecule has 1 atom stereocenters. The number of hydrogen-bond acceptors (Lipinski definition) is 2. The summed E-state index contributed by atoms with van der Waals surface area (Å²) in [6, 6.07) is 9.89. The number of rotatable bonds is 7. The standard InChI is InChI=1S/C15H21NO3/c1-12(11-13-7-4-3-5-8-13)15(19)16(2)10-6-9-14(17)18/h3-5,7-8,12H,6,9-11H2,1-2H3,(H,17,18). The normalized spacial score (nSPS) is 11.9. The lowest BCUT2D eigenvalue weighted by Crippen LogP contribution is -2.33. The maximum absolute atomic E-state index is 12.1. The molecule has 0 bridgehead atoms. The van der Waals surface area contributed by atoms with Crippen molar-refractivity contribution in [3.63, 3.8) is 0 Å². The van der Waals surface area contributed by atoms with Crippen LogP contribution in [-0.4, -0.2) is 35.5 Å². The second kappa shape index (κ2) is 7.56. The molecule has 1 N–H and O–H groups in total. The first-order chi connectivity index (χ1) is 9.00. The Morgan fingerprint density at radius 3 is 2.47 bits per heavy atom. The second-order valence-corrected chi connectivity index (χ2v) is 4.85. The van der Waals surface area contributed by atoms with E-state index in [4.69, 9.17) is 5.11 Å². The van der Waals surface area contributed by atoms with E-state index in [0.717, 1.165) is 5.56 Å². The van der Waals surface area contributed by atoms with Crippen molar-refractivity contribution in [3.05, 3.63) is 35.9 Å². The average molecular weight is 263 g/mol. The first kappa shape index (κ1) is 15.2. The second-order valence-electron chi connectivity index (χ2n) is 4.85. The number of hydrogen-bond donors (Lipinski definition) is 1. The van der Waals surface area contributed by atoms with Crippen molar-refractivity contribution in [2.75, 3.05) is 13.6 Å². The minimum atomic E-state index is -0.821. The van der Waals surface area contributed by atoms with Crippen molar-refractivity contribution in [3.8, 4) is 0 Å². The molecule has 0 saturated heterocycles. The van der Waals surface area contributed by atoms with Crippen LogP contribution in [0.2, 0.25) is 0 Å². The summed E-state index contributed by atoms with van der Waals surface area (Å²) in [6.07, 6.45) is 1.31. The highest BCUT2D eigenvalue weighted by Gasteiger charge is 2.17. The van der Waals surface area contributed by atoms with Crippen LogP contribution >= 0.6 is 0 Å². The van der Waals surface area contributed by atoms with Crippen LogP contribution in [0.3, 0.4) is 0 Å². The number of carbonyl (C=O) groups excluding carboxylic acids is 1. The van der Waals surface area contributed by atoms with Crippen molar-refractivity contribution in [1.29, 1.82) is 0 Å². The fourth-order valence-corrected chi connectivity index (χ4v) is 2.01. The highest BCUT2D eigenvalue weighted by molar-refractivity contribution is 5.78. The topological polar surface area (TPSA) is 57.6 Å². The lowest BCUT2D eigenvalue weighted by Gasteiger charge is -2.21. The Morgan fingerprint density at radius 2 is 1.89 bits per heavy atom. The number of carboxylic acid groups (broad SMARTS) is 1. The molecule has 0 saturated carbocycles. The van der Waals surface area contributed by atoms with E-state index in [-0.39, 0.29) is 18.2 Å². The summed E-state index contributed by atoms with van der Waals surface area (Å²) in [5.74, 6) is -0.843. The van der Waals surface area contributed by atoms with Gasteiger partial charge in [-0.15, -0.1) is 0 Å². The molecule has 0 aliphatic rings. The molecule has 0 aromatic heterocycles. The van der Waals surface area contributed by atoms with E-state index >= 15 is 0 Å². The van der Waals surface area contributed by atoms with Gasteiger partial charge in [0.1, 0.15) is 0 Å². The number of aliphatic carboxylic acids is 1. The van der Waals surface area contributed by atoms with E-state index < -0.39 is 5.97 Å². The van der Waals surface area contributed by atoms with Gasteiger partial charge in [-0.3, -0.25) is 9.59 Å². The van der Waals surface area contributed by atoms with Gasteiger partial charge in [0.05, 0.1) is 0 Å². The van der Waals surface area contributed by atoms with Crippen LogP contribution in [0.4, 0.5) is 0 Å². The third kappa shape index (κ3) is 5.55. The minimum absolute atomic E-state index is 0.0641. The van der Waals surface area contributed by atoms with E-state index in [0.29, 0.717) is 19.4 Å². The van der Waals surface area contributed by atoms with Crippen LogP contribution in [0.15, 0.2) is 30.3 Å². The summed E-state index contributed by atoms with van der Waals surface area (Å²) in [7, 11) is 1.73. The first-order valence-corrected chi connectivity index (χ1v) is 6.51. The Hall–Kier alpha value is -1.84. The monoisotopic (exact) mass is 263 g/mol. The van der Waals surface area contributed by atoms with Crippen LogP contribution in [-0.2, 0) is 16.0 Å². The van der Waals surface area contributed by atoms with Crippen LogP contribution in [0, 0.1) is 5.92 Å². The molecule has 19 heavy (non-hydrogen) atoms. The van der Waals surface area contributed by atoms with Crippen molar-refractivity contribution < 1.29 is 14.7 Å². The Morgan fingerprint density at radius 1 is 1.26 bits per heavy atom. The summed E-state index contributed by atoms with van der Waals surface area (Å²) < 4.78 is 0. The Labute approximate surface area is 114 Å². The first-order valence-electron chi connectivity index (χ1n) is 6.51. The third-order valence-corrected chi connectivity index (χ3v) is 3.07. The Balaban J connectivity index is 2.41. The number of nitrogens with zero attached hydrogens (tertiary/aromatic N) is 1. The molecule has 0 aliphatic heterocycles. The molecule has 0 spiro atoms. The molecule has 0 heterocycles. The molecule has 4 heteroatoms. The largest absolute Gasteiger partial charge is 0.481 e. The lowest BCUT2D eigenvalue weighted by molar-refractivity contribution is -0.138. The summed E-state index contributed by atoms with van der Waals surface area (Å²) in [5.41, 5.74) is 1.14. The maximum atomic E-state index is 12.1. The van der Waals surface area contributed by atoms with Crippen LogP contribution in [0.1, 0.15) is 25.3 Å². The maximum Gasteiger partial charge on any atom is 0.303 e. The SMILES string of the molecule is CC(Cc1ccccc1)C(=O)N(C)CCCC(=O)O. The van der Waals surface area contributed by atoms with Crippen molar-refractivity contribution in [1.82, 2.24) is 4.90 Å². The highest BCUT2D eigenvalue weighted by atomic mass is 16.4. The molecule has 1 unspecified atom stereocenters. The zero-order valence-electron chi connectivity index (χ0n) is 11.5. The molecule has 4 nitrogen and oxygen atoms in total. The predicted molar refractivity (Wildman–Crippen MR) is 73.8 cm³/mol. The smallest absolute Gasteiger partial charge is 0.303 e. The summed E-state index contributed by atoms with van der Waals surface area (Å²) in [5, 5.41) is 8.57. The number of benzene rings is 1. The van der Waals surface area contributed by atoms with Gasteiger partial charge in [-0.2, -0.15) is 0 Å². The average Bonchev–Trinajstić information content (AvgIpc) is 2.38. The molecule has 0 radical (unpaired) electrons. The summed E-state index contributed by atoms with van der Waals surface area (Å²) in [6.45, 7) is 2.40. The summed E-state index contributed by atoms with van der Waals surface area (Å²) in [4.78, 5) is 24.1. The molecular formula is C15H21NO3. The molecular weight excluding hydrogens is 242 g/mol. The van der Waals surface area contributed by atoms with E-state index in [1.54, 1.807) is 11.9 Å². The molecule has 1 amide bonds. The van der Waals surface area contributed by atoms with Crippen LogP contribution in [0.5, 0.6) is 0 Å². The highest BCUT2D eigenvalue weighted by Crippen LogP contribution is 2.11. The molecule has 1 aromatic carbocycles. The molecule has 0 aliphatic carbocycles. The quantitative estimate of drug-likeness (QED) is 0.820. The van der Waals surface area contributed by atoms with Gasteiger partial charge in [-0.25, -0.2) is 0 Å². The number of amides is 1. The van der Waals surface area contributed by atoms with Crippen LogP contribution in [0.25, 0.3) is 0 Å². The fourth-order valence-electron chi connectivity index (χ4n) is 2.01. The van der Waals surface area contributed by atoms with Gasteiger partial charge in [0, 0.05) is 25.9 Å². The lowest BCUT2D eigenvalue weighted by atomic mass is 10.00. The molecule has 104 valence electrons. The summed E-state index contributed by atoms with van der Waals surface area (Å²) >= 11 is 0. The van der Waals surface area contributed by atoms with Crippen molar-refractivity contribution in [2.24, 2.45) is 5.92 Å². The zero-order valence-corrected chi connectivity index (χ0v) is 11.5. The third-order valence-electron chi connectivity index (χ3n) is 3.07. The van der Waals surface area contributed by atoms with Gasteiger partial charge in [-0.1, -0.05) is 37.3 Å². The zero-order chi connectivity index (χ0) is 14.3. The fraction of sp³-hybridized carbons (Fsp3) is 0.467. The molecule has 1 aromatic rings. The van der Waals surface area contributed by atoms with E-state index in [1.165, 1.54) is 0 Å². The van der Waals surface area contributed by atoms with E-state index in [2.05, 4.69) is 0 Å². The van der Waals surface area contributed by atoms with E-state index in [9.17, 15) is 9.59 Å². The number of carbonyl (C=O) groups is 2. The van der Waals surface area contributed by atoms with E-state index in [1.807, 2.05) is 37.3 Å². The predicted octanol–water partition coefficient (Wildman–Crippen LogP) is 2.19. The minimum Gasteiger partial charge on any atom is -0.481 e. The van der Waals surface area contributed by atoms with Gasteiger partial charge in [0.15, 0.2) is 0 Å². The Bertz CT molecular complexity index is 417. The van der Waals surface area contributed by atoms with Gasteiger partial charge < -0.3 is 10.0 Å². The number of carboxylic acids is 1. The van der Waals surface area contributed by atoms with Crippen molar-refractivity contribution >= 4 is 11.9 Å². The van der Waals surface area contributed by atoms with Gasteiger partial charge in [-0.05, 0) is 18.4 Å². The molecule has 1 rings (SSSR count). The van der Waals surface area contributed by atoms with Gasteiger partial charge in [0.25, 0.3) is 0 Å². The molecule has 0 fully saturated rings. The van der Waals surface area contributed by atoms with Gasteiger partial charge >= 0.3 is 5.97 Å². The van der Waals surface area contributed by atoms with Gasteiger partial charge in [0.2, 0.25) is 5.91 Å². The van der Waals surface area contributed by atoms with Crippen LogP contribution < -0.4 is 0 Å².